The van der Waals surface area contributed by atoms with Gasteiger partial charge in [-0.2, -0.15) is 0 Å². The Morgan fingerprint density at radius 3 is 2.28 bits per heavy atom. The molecular formula is C13H19NO3S. The van der Waals surface area contributed by atoms with Crippen molar-refractivity contribution in [2.45, 2.75) is 36.6 Å². The molecule has 0 saturated heterocycles. The summed E-state index contributed by atoms with van der Waals surface area (Å²) >= 11 is 0. The number of nitrogens with one attached hydrogen (secondary N) is 1. The van der Waals surface area contributed by atoms with Crippen LogP contribution in [0.3, 0.4) is 0 Å². The van der Waals surface area contributed by atoms with Crippen LogP contribution in [0.5, 0.6) is 0 Å². The number of hydrogen-bond acceptors (Lipinski definition) is 4. The van der Waals surface area contributed by atoms with Crippen LogP contribution in [0.25, 0.3) is 0 Å². The molecule has 18 heavy (non-hydrogen) atoms. The molecule has 2 rings (SSSR count). The Morgan fingerprint density at radius 1 is 1.28 bits per heavy atom. The fraction of sp³-hybridized carbons (Fsp3) is 0.538. The van der Waals surface area contributed by atoms with Crippen molar-refractivity contribution in [2.24, 2.45) is 0 Å². The average molecular weight is 269 g/mol. The summed E-state index contributed by atoms with van der Waals surface area (Å²) in [5.41, 5.74) is 0.657. The molecule has 0 unspecified atom stereocenters. The van der Waals surface area contributed by atoms with Crippen LogP contribution in [0.2, 0.25) is 0 Å². The molecule has 1 aromatic carbocycles. The fourth-order valence-corrected chi connectivity index (χ4v) is 3.03. The van der Waals surface area contributed by atoms with Gasteiger partial charge in [-0.25, -0.2) is 8.42 Å². The van der Waals surface area contributed by atoms with Gasteiger partial charge < -0.3 is 10.4 Å². The first-order valence-corrected chi connectivity index (χ1v) is 7.88. The van der Waals surface area contributed by atoms with Crippen LogP contribution in [0.4, 0.5) is 5.69 Å². The lowest BCUT2D eigenvalue weighted by Crippen LogP contribution is -2.48. The first kappa shape index (κ1) is 13.4. The van der Waals surface area contributed by atoms with Crippen molar-refractivity contribution in [3.8, 4) is 0 Å². The smallest absolute Gasteiger partial charge is 0.178 e. The maximum Gasteiger partial charge on any atom is 0.178 e. The molecule has 0 spiro atoms. The zero-order valence-electron chi connectivity index (χ0n) is 10.5. The summed E-state index contributed by atoms with van der Waals surface area (Å²) in [4.78, 5) is 0.349. The van der Waals surface area contributed by atoms with Gasteiger partial charge in [0.15, 0.2) is 9.84 Å². The molecule has 100 valence electrons. The topological polar surface area (TPSA) is 66.4 Å². The molecule has 1 fully saturated rings. The summed E-state index contributed by atoms with van der Waals surface area (Å²) < 4.78 is 23.3. The van der Waals surface area contributed by atoms with E-state index in [-0.39, 0.29) is 17.9 Å². The van der Waals surface area contributed by atoms with Crippen LogP contribution in [0, 0.1) is 0 Å². The molecule has 0 radical (unpaired) electrons. The highest BCUT2D eigenvalue weighted by Crippen LogP contribution is 2.34. The standard InChI is InChI=1S/C13H19NO3S/c1-2-18(16,17)12-6-4-11(5-7-12)14-13(10-15)8-3-9-13/h4-7,14-15H,2-3,8-10H2,1H3. The number of benzene rings is 1. The highest BCUT2D eigenvalue weighted by molar-refractivity contribution is 7.91. The summed E-state index contributed by atoms with van der Waals surface area (Å²) in [5, 5.41) is 12.7. The summed E-state index contributed by atoms with van der Waals surface area (Å²) in [6.07, 6.45) is 3.03. The summed E-state index contributed by atoms with van der Waals surface area (Å²) in [5.74, 6) is 0.111. The zero-order chi connectivity index (χ0) is 13.2. The Balaban J connectivity index is 2.13. The molecule has 1 aliphatic rings. The van der Waals surface area contributed by atoms with Crippen molar-refractivity contribution >= 4 is 15.5 Å². The van der Waals surface area contributed by atoms with Gasteiger partial charge in [0.1, 0.15) is 0 Å². The van der Waals surface area contributed by atoms with E-state index in [1.165, 1.54) is 0 Å². The maximum atomic E-state index is 11.7. The number of sulfone groups is 1. The van der Waals surface area contributed by atoms with E-state index in [2.05, 4.69) is 5.32 Å². The summed E-state index contributed by atoms with van der Waals surface area (Å²) in [7, 11) is -3.13. The first-order valence-electron chi connectivity index (χ1n) is 6.23. The van der Waals surface area contributed by atoms with Crippen molar-refractivity contribution in [2.75, 3.05) is 17.7 Å². The van der Waals surface area contributed by atoms with Crippen molar-refractivity contribution in [3.05, 3.63) is 24.3 Å². The third kappa shape index (κ3) is 2.52. The minimum Gasteiger partial charge on any atom is -0.394 e. The van der Waals surface area contributed by atoms with Gasteiger partial charge >= 0.3 is 0 Å². The molecule has 0 aliphatic heterocycles. The van der Waals surface area contributed by atoms with E-state index in [4.69, 9.17) is 0 Å². The molecule has 1 aliphatic carbocycles. The normalized spacial score (nSPS) is 18.1. The van der Waals surface area contributed by atoms with Gasteiger partial charge in [0.05, 0.1) is 22.8 Å². The molecule has 5 heteroatoms. The van der Waals surface area contributed by atoms with Crippen LogP contribution in [0.1, 0.15) is 26.2 Å². The van der Waals surface area contributed by atoms with E-state index < -0.39 is 9.84 Å². The van der Waals surface area contributed by atoms with Crippen LogP contribution in [-0.4, -0.2) is 31.4 Å². The zero-order valence-corrected chi connectivity index (χ0v) is 11.3. The van der Waals surface area contributed by atoms with Gasteiger partial charge in [-0.3, -0.25) is 0 Å². The molecular weight excluding hydrogens is 250 g/mol. The molecule has 4 nitrogen and oxygen atoms in total. The van der Waals surface area contributed by atoms with E-state index in [9.17, 15) is 13.5 Å². The van der Waals surface area contributed by atoms with Crippen molar-refractivity contribution < 1.29 is 13.5 Å². The van der Waals surface area contributed by atoms with E-state index in [0.717, 1.165) is 24.9 Å². The van der Waals surface area contributed by atoms with Gasteiger partial charge in [0.25, 0.3) is 0 Å². The van der Waals surface area contributed by atoms with Crippen LogP contribution in [0.15, 0.2) is 29.2 Å². The molecule has 1 saturated carbocycles. The number of aliphatic hydroxyl groups is 1. The third-order valence-corrected chi connectivity index (χ3v) is 5.37. The van der Waals surface area contributed by atoms with Crippen molar-refractivity contribution in [1.82, 2.24) is 0 Å². The highest BCUT2D eigenvalue weighted by atomic mass is 32.2. The van der Waals surface area contributed by atoms with Crippen molar-refractivity contribution in [3.63, 3.8) is 0 Å². The quantitative estimate of drug-likeness (QED) is 0.855. The second-order valence-electron chi connectivity index (χ2n) is 4.84. The van der Waals surface area contributed by atoms with Crippen molar-refractivity contribution in [1.29, 1.82) is 0 Å². The molecule has 0 heterocycles. The Hall–Kier alpha value is -1.07. The molecule has 1 aromatic rings. The molecule has 0 atom stereocenters. The number of aliphatic hydroxyl groups excluding tert-OH is 1. The van der Waals surface area contributed by atoms with Crippen LogP contribution < -0.4 is 5.32 Å². The minimum absolute atomic E-state index is 0.111. The number of hydrogen-bond donors (Lipinski definition) is 2. The molecule has 0 aromatic heterocycles. The SMILES string of the molecule is CCS(=O)(=O)c1ccc(NC2(CO)CCC2)cc1. The Morgan fingerprint density at radius 2 is 1.89 bits per heavy atom. The predicted octanol–water partition coefficient (Wildman–Crippen LogP) is 1.81. The highest BCUT2D eigenvalue weighted by Gasteiger charge is 2.36. The molecule has 0 amide bonds. The molecule has 0 bridgehead atoms. The number of anilines is 1. The fourth-order valence-electron chi connectivity index (χ4n) is 2.14. The van der Waals surface area contributed by atoms with Crippen LogP contribution >= 0.6 is 0 Å². The first-order chi connectivity index (χ1) is 8.51. The second-order valence-corrected chi connectivity index (χ2v) is 7.12. The lowest BCUT2D eigenvalue weighted by Gasteiger charge is -2.41. The lowest BCUT2D eigenvalue weighted by atomic mass is 9.77. The van der Waals surface area contributed by atoms with Gasteiger partial charge in [-0.05, 0) is 43.5 Å². The largest absolute Gasteiger partial charge is 0.394 e. The summed E-state index contributed by atoms with van der Waals surface area (Å²) in [6, 6.07) is 6.76. The van der Waals surface area contributed by atoms with E-state index in [1.807, 2.05) is 0 Å². The van der Waals surface area contributed by atoms with Gasteiger partial charge in [-0.15, -0.1) is 0 Å². The predicted molar refractivity (Wildman–Crippen MR) is 71.5 cm³/mol. The van der Waals surface area contributed by atoms with Crippen LogP contribution in [-0.2, 0) is 9.84 Å². The Bertz CT molecular complexity index is 498. The average Bonchev–Trinajstić information content (AvgIpc) is 2.34. The third-order valence-electron chi connectivity index (χ3n) is 3.62. The Labute approximate surface area is 108 Å². The number of rotatable bonds is 5. The monoisotopic (exact) mass is 269 g/mol. The Kier molecular flexibility index (Phi) is 3.64. The van der Waals surface area contributed by atoms with E-state index >= 15 is 0 Å². The minimum atomic E-state index is -3.13. The van der Waals surface area contributed by atoms with Gasteiger partial charge in [-0.1, -0.05) is 6.92 Å². The lowest BCUT2D eigenvalue weighted by molar-refractivity contribution is 0.144. The van der Waals surface area contributed by atoms with Gasteiger partial charge in [0, 0.05) is 5.69 Å². The maximum absolute atomic E-state index is 11.7. The summed E-state index contributed by atoms with van der Waals surface area (Å²) in [6.45, 7) is 1.75. The van der Waals surface area contributed by atoms with E-state index in [1.54, 1.807) is 31.2 Å². The second kappa shape index (κ2) is 4.90. The van der Waals surface area contributed by atoms with E-state index in [0.29, 0.717) is 4.90 Å². The van der Waals surface area contributed by atoms with Gasteiger partial charge in [0.2, 0.25) is 0 Å². The molecule has 2 N–H and O–H groups in total.